The number of ether oxygens (including phenoxy) is 1. The maximum atomic E-state index is 12.8. The van der Waals surface area contributed by atoms with E-state index in [1.54, 1.807) is 6.92 Å². The van der Waals surface area contributed by atoms with E-state index in [1.807, 2.05) is 13.8 Å². The SMILES string of the molecule is CCC(CC)(CC(=O)O)NC(=O)C(C)Oc1ccc(F)cc1. The van der Waals surface area contributed by atoms with Crippen LogP contribution in [-0.2, 0) is 9.59 Å². The van der Waals surface area contributed by atoms with E-state index in [0.29, 0.717) is 18.6 Å². The molecule has 5 nitrogen and oxygen atoms in total. The van der Waals surface area contributed by atoms with Crippen molar-refractivity contribution >= 4 is 11.9 Å². The summed E-state index contributed by atoms with van der Waals surface area (Å²) in [6.07, 6.45) is 0.0571. The Kier molecular flexibility index (Phi) is 6.34. The van der Waals surface area contributed by atoms with Crippen molar-refractivity contribution in [3.63, 3.8) is 0 Å². The highest BCUT2D eigenvalue weighted by Crippen LogP contribution is 2.21. The fourth-order valence-electron chi connectivity index (χ4n) is 2.14. The molecule has 0 aliphatic carbocycles. The van der Waals surface area contributed by atoms with E-state index in [2.05, 4.69) is 5.32 Å². The number of hydrogen-bond acceptors (Lipinski definition) is 3. The Labute approximate surface area is 129 Å². The second-order valence-corrected chi connectivity index (χ2v) is 5.26. The van der Waals surface area contributed by atoms with E-state index in [-0.39, 0.29) is 12.2 Å². The average molecular weight is 311 g/mol. The van der Waals surface area contributed by atoms with Crippen molar-refractivity contribution in [1.29, 1.82) is 0 Å². The van der Waals surface area contributed by atoms with Gasteiger partial charge in [-0.1, -0.05) is 13.8 Å². The first kappa shape index (κ1) is 17.9. The quantitative estimate of drug-likeness (QED) is 0.774. The van der Waals surface area contributed by atoms with Crippen molar-refractivity contribution in [3.8, 4) is 5.75 Å². The highest BCUT2D eigenvalue weighted by Gasteiger charge is 2.32. The van der Waals surface area contributed by atoms with Crippen molar-refractivity contribution in [2.75, 3.05) is 0 Å². The van der Waals surface area contributed by atoms with Gasteiger partial charge in [0.05, 0.1) is 12.0 Å². The predicted octanol–water partition coefficient (Wildman–Crippen LogP) is 2.74. The highest BCUT2D eigenvalue weighted by molar-refractivity contribution is 5.82. The first-order valence-corrected chi connectivity index (χ1v) is 7.28. The maximum Gasteiger partial charge on any atom is 0.305 e. The lowest BCUT2D eigenvalue weighted by molar-refractivity contribution is -0.139. The first-order valence-electron chi connectivity index (χ1n) is 7.28. The minimum absolute atomic E-state index is 0.144. The summed E-state index contributed by atoms with van der Waals surface area (Å²) in [6, 6.07) is 5.35. The molecule has 0 aliphatic heterocycles. The van der Waals surface area contributed by atoms with Crippen molar-refractivity contribution in [2.45, 2.75) is 51.7 Å². The second kappa shape index (κ2) is 7.77. The Morgan fingerprint density at radius 2 is 1.82 bits per heavy atom. The summed E-state index contributed by atoms with van der Waals surface area (Å²) in [5.74, 6) is -1.37. The number of carbonyl (C=O) groups is 2. The molecule has 0 spiro atoms. The van der Waals surface area contributed by atoms with Gasteiger partial charge in [0.2, 0.25) is 0 Å². The van der Waals surface area contributed by atoms with E-state index in [9.17, 15) is 14.0 Å². The number of hydrogen-bond donors (Lipinski definition) is 2. The molecule has 2 N–H and O–H groups in total. The minimum Gasteiger partial charge on any atom is -0.481 e. The van der Waals surface area contributed by atoms with Crippen molar-refractivity contribution in [3.05, 3.63) is 30.1 Å². The minimum atomic E-state index is -0.962. The number of amides is 1. The standard InChI is InChI=1S/C16H22FNO4/c1-4-16(5-2,10-14(19)20)18-15(21)11(3)22-13-8-6-12(17)7-9-13/h6-9,11H,4-5,10H2,1-3H3,(H,18,21)(H,19,20). The average Bonchev–Trinajstić information content (AvgIpc) is 2.48. The van der Waals surface area contributed by atoms with Gasteiger partial charge < -0.3 is 15.2 Å². The zero-order valence-corrected chi connectivity index (χ0v) is 13.1. The van der Waals surface area contributed by atoms with Gasteiger partial charge >= 0.3 is 5.97 Å². The molecule has 0 saturated heterocycles. The fraction of sp³-hybridized carbons (Fsp3) is 0.500. The third kappa shape index (κ3) is 5.02. The first-order chi connectivity index (χ1) is 10.3. The van der Waals surface area contributed by atoms with E-state index in [0.717, 1.165) is 0 Å². The number of halogens is 1. The van der Waals surface area contributed by atoms with Crippen LogP contribution in [0.3, 0.4) is 0 Å². The lowest BCUT2D eigenvalue weighted by Gasteiger charge is -2.32. The second-order valence-electron chi connectivity index (χ2n) is 5.26. The molecule has 1 atom stereocenters. The summed E-state index contributed by atoms with van der Waals surface area (Å²) >= 11 is 0. The summed E-state index contributed by atoms with van der Waals surface area (Å²) in [5, 5.41) is 11.8. The van der Waals surface area contributed by atoms with Gasteiger partial charge in [-0.25, -0.2) is 4.39 Å². The van der Waals surface area contributed by atoms with E-state index >= 15 is 0 Å². The zero-order chi connectivity index (χ0) is 16.8. The molecule has 0 saturated carbocycles. The molecule has 0 bridgehead atoms. The Morgan fingerprint density at radius 3 is 2.27 bits per heavy atom. The molecule has 1 aromatic rings. The Morgan fingerprint density at radius 1 is 1.27 bits per heavy atom. The largest absolute Gasteiger partial charge is 0.481 e. The number of carboxylic acid groups (broad SMARTS) is 1. The fourth-order valence-corrected chi connectivity index (χ4v) is 2.14. The number of benzene rings is 1. The van der Waals surface area contributed by atoms with E-state index in [1.165, 1.54) is 24.3 Å². The molecule has 6 heteroatoms. The molecular formula is C16H22FNO4. The van der Waals surface area contributed by atoms with Crippen molar-refractivity contribution in [1.82, 2.24) is 5.32 Å². The molecule has 0 fully saturated rings. The van der Waals surface area contributed by atoms with Crippen LogP contribution >= 0.6 is 0 Å². The molecular weight excluding hydrogens is 289 g/mol. The summed E-state index contributed by atoms with van der Waals surface area (Å²) in [4.78, 5) is 23.2. The van der Waals surface area contributed by atoms with Gasteiger partial charge in [-0.05, 0) is 44.0 Å². The van der Waals surface area contributed by atoms with Gasteiger partial charge in [0.25, 0.3) is 5.91 Å². The van der Waals surface area contributed by atoms with Crippen LogP contribution in [0.15, 0.2) is 24.3 Å². The van der Waals surface area contributed by atoms with Gasteiger partial charge in [-0.3, -0.25) is 9.59 Å². The van der Waals surface area contributed by atoms with E-state index < -0.39 is 23.5 Å². The number of nitrogens with one attached hydrogen (secondary N) is 1. The molecule has 1 aromatic carbocycles. The lowest BCUT2D eigenvalue weighted by Crippen LogP contribution is -2.52. The number of carbonyl (C=O) groups excluding carboxylic acids is 1. The number of aliphatic carboxylic acids is 1. The van der Waals surface area contributed by atoms with Crippen LogP contribution in [0, 0.1) is 5.82 Å². The molecule has 0 aliphatic rings. The van der Waals surface area contributed by atoms with Gasteiger partial charge in [-0.2, -0.15) is 0 Å². The number of carboxylic acids is 1. The van der Waals surface area contributed by atoms with Crippen LogP contribution in [0.1, 0.15) is 40.0 Å². The van der Waals surface area contributed by atoms with Crippen LogP contribution in [0.5, 0.6) is 5.75 Å². The third-order valence-electron chi connectivity index (χ3n) is 3.73. The zero-order valence-electron chi connectivity index (χ0n) is 13.1. The topological polar surface area (TPSA) is 75.6 Å². The lowest BCUT2D eigenvalue weighted by atomic mass is 9.88. The van der Waals surface area contributed by atoms with Gasteiger partial charge in [-0.15, -0.1) is 0 Å². The Balaban J connectivity index is 2.72. The van der Waals surface area contributed by atoms with Crippen molar-refractivity contribution < 1.29 is 23.8 Å². The molecule has 1 amide bonds. The highest BCUT2D eigenvalue weighted by atomic mass is 19.1. The molecule has 122 valence electrons. The van der Waals surface area contributed by atoms with Gasteiger partial charge in [0.1, 0.15) is 11.6 Å². The van der Waals surface area contributed by atoms with Crippen LogP contribution in [0.4, 0.5) is 4.39 Å². The van der Waals surface area contributed by atoms with Crippen LogP contribution in [-0.4, -0.2) is 28.6 Å². The Bertz CT molecular complexity index is 511. The number of rotatable bonds is 8. The molecule has 0 heterocycles. The van der Waals surface area contributed by atoms with Crippen LogP contribution < -0.4 is 10.1 Å². The van der Waals surface area contributed by atoms with E-state index in [4.69, 9.17) is 9.84 Å². The summed E-state index contributed by atoms with van der Waals surface area (Å²) in [5.41, 5.74) is -0.788. The normalized spacial score (nSPS) is 12.5. The predicted molar refractivity (Wildman–Crippen MR) is 80.2 cm³/mol. The van der Waals surface area contributed by atoms with Gasteiger partial charge in [0.15, 0.2) is 6.10 Å². The molecule has 1 unspecified atom stereocenters. The molecule has 0 aromatic heterocycles. The van der Waals surface area contributed by atoms with Gasteiger partial charge in [0, 0.05) is 0 Å². The molecule has 22 heavy (non-hydrogen) atoms. The Hall–Kier alpha value is -2.11. The molecule has 0 radical (unpaired) electrons. The summed E-state index contributed by atoms with van der Waals surface area (Å²) in [6.45, 7) is 5.23. The third-order valence-corrected chi connectivity index (χ3v) is 3.73. The maximum absolute atomic E-state index is 12.8. The smallest absolute Gasteiger partial charge is 0.305 e. The van der Waals surface area contributed by atoms with Crippen LogP contribution in [0.2, 0.25) is 0 Å². The summed E-state index contributed by atoms with van der Waals surface area (Å²) < 4.78 is 18.3. The molecule has 1 rings (SSSR count). The monoisotopic (exact) mass is 311 g/mol. The van der Waals surface area contributed by atoms with Crippen molar-refractivity contribution in [2.24, 2.45) is 0 Å². The van der Waals surface area contributed by atoms with Crippen LogP contribution in [0.25, 0.3) is 0 Å². The summed E-state index contributed by atoms with van der Waals surface area (Å²) in [7, 11) is 0.